The van der Waals surface area contributed by atoms with Gasteiger partial charge in [0, 0.05) is 4.47 Å². The summed E-state index contributed by atoms with van der Waals surface area (Å²) in [5, 5.41) is 18.3. The molecule has 23 heavy (non-hydrogen) atoms. The lowest BCUT2D eigenvalue weighted by molar-refractivity contribution is -0.347. The zero-order valence-corrected chi connectivity index (χ0v) is 13.9. The molecule has 0 amide bonds. The normalized spacial score (nSPS) is 17.6. The minimum atomic E-state index is -5.73. The molecule has 0 fully saturated rings. The first-order valence-electron chi connectivity index (χ1n) is 6.37. The van der Waals surface area contributed by atoms with Crippen LogP contribution < -0.4 is 0 Å². The van der Waals surface area contributed by atoms with E-state index in [0.717, 1.165) is 12.1 Å². The van der Waals surface area contributed by atoms with Crippen molar-refractivity contribution in [1.82, 2.24) is 0 Å². The van der Waals surface area contributed by atoms with Gasteiger partial charge in [-0.2, -0.15) is 26.3 Å². The minimum Gasteiger partial charge on any atom is -0.381 e. The largest absolute Gasteiger partial charge is 0.424 e. The van der Waals surface area contributed by atoms with Crippen LogP contribution in [-0.4, -0.2) is 52.2 Å². The second kappa shape index (κ2) is 6.04. The van der Waals surface area contributed by atoms with Crippen LogP contribution in [0.15, 0.2) is 22.7 Å². The molecule has 2 atom stereocenters. The van der Waals surface area contributed by atoms with Crippen LogP contribution in [0.2, 0.25) is 0 Å². The SMILES string of the molecule is BC(B)(B)c1ccc(C(O)(C(O)C(F)(F)F)C(F)(F)F)cc1Br. The first-order chi connectivity index (χ1) is 10.0. The van der Waals surface area contributed by atoms with E-state index >= 15 is 0 Å². The van der Waals surface area contributed by atoms with Crippen LogP contribution in [0.4, 0.5) is 26.3 Å². The highest BCUT2D eigenvalue weighted by Gasteiger charge is 2.67. The first kappa shape index (κ1) is 20.4. The van der Waals surface area contributed by atoms with Crippen LogP contribution in [0.3, 0.4) is 0 Å². The molecule has 0 heterocycles. The predicted molar refractivity (Wildman–Crippen MR) is 83.5 cm³/mol. The Bertz CT molecular complexity index is 587. The number of alkyl halides is 6. The zero-order chi connectivity index (χ0) is 18.4. The van der Waals surface area contributed by atoms with Gasteiger partial charge in [0.25, 0.3) is 0 Å². The third kappa shape index (κ3) is 3.91. The van der Waals surface area contributed by atoms with Gasteiger partial charge < -0.3 is 10.2 Å². The van der Waals surface area contributed by atoms with Crippen LogP contribution in [-0.2, 0) is 10.7 Å². The van der Waals surface area contributed by atoms with Crippen molar-refractivity contribution in [3.8, 4) is 0 Å². The molecule has 1 aromatic carbocycles. The van der Waals surface area contributed by atoms with E-state index in [9.17, 15) is 31.4 Å². The number of benzene rings is 1. The lowest BCUT2D eigenvalue weighted by Crippen LogP contribution is -2.57. The lowest BCUT2D eigenvalue weighted by atomic mass is 9.40. The van der Waals surface area contributed by atoms with E-state index < -0.39 is 34.7 Å². The van der Waals surface area contributed by atoms with Gasteiger partial charge in [-0.15, -0.1) is 0 Å². The predicted octanol–water partition coefficient (Wildman–Crippen LogP) is 0.132. The van der Waals surface area contributed by atoms with Gasteiger partial charge in [0.1, 0.15) is 0 Å². The Morgan fingerprint density at radius 1 is 1.00 bits per heavy atom. The van der Waals surface area contributed by atoms with Gasteiger partial charge in [-0.25, -0.2) is 0 Å². The zero-order valence-electron chi connectivity index (χ0n) is 12.3. The summed E-state index contributed by atoms with van der Waals surface area (Å²) in [7, 11) is 5.27. The van der Waals surface area contributed by atoms with Gasteiger partial charge in [0.15, 0.2) is 6.10 Å². The molecule has 1 aromatic rings. The third-order valence-electron chi connectivity index (χ3n) is 3.36. The van der Waals surface area contributed by atoms with E-state index in [4.69, 9.17) is 5.11 Å². The third-order valence-corrected chi connectivity index (χ3v) is 4.01. The molecule has 1 rings (SSSR count). The minimum absolute atomic E-state index is 0.0968. The quantitative estimate of drug-likeness (QED) is 0.558. The van der Waals surface area contributed by atoms with E-state index in [-0.39, 0.29) is 4.47 Å². The van der Waals surface area contributed by atoms with Crippen LogP contribution in [0, 0.1) is 0 Å². The van der Waals surface area contributed by atoms with E-state index in [1.807, 2.05) is 0 Å². The summed E-state index contributed by atoms with van der Waals surface area (Å²) in [6.07, 6.45) is -15.4. The van der Waals surface area contributed by atoms with Crippen LogP contribution >= 0.6 is 15.9 Å². The second-order valence-electron chi connectivity index (χ2n) is 6.15. The number of rotatable bonds is 3. The maximum atomic E-state index is 13.1. The maximum absolute atomic E-state index is 13.1. The van der Waals surface area contributed by atoms with Crippen molar-refractivity contribution in [2.24, 2.45) is 0 Å². The van der Waals surface area contributed by atoms with Crippen molar-refractivity contribution in [2.45, 2.75) is 29.2 Å². The Morgan fingerprint density at radius 2 is 1.48 bits per heavy atom. The molecule has 0 saturated carbocycles. The number of hydrogen-bond acceptors (Lipinski definition) is 2. The van der Waals surface area contributed by atoms with E-state index in [0.29, 0.717) is 5.56 Å². The summed E-state index contributed by atoms with van der Waals surface area (Å²) in [6.45, 7) is 0. The molecule has 0 aromatic heterocycles. The van der Waals surface area contributed by atoms with Crippen molar-refractivity contribution in [3.05, 3.63) is 33.8 Å². The fourth-order valence-corrected chi connectivity index (χ4v) is 3.05. The second-order valence-corrected chi connectivity index (χ2v) is 7.01. The fraction of sp³-hybridized carbons (Fsp3) is 0.455. The molecular weight excluding hydrogens is 390 g/mol. The molecule has 0 bridgehead atoms. The summed E-state index contributed by atoms with van der Waals surface area (Å²) in [5.74, 6) is 0. The Balaban J connectivity index is 3.56. The topological polar surface area (TPSA) is 40.5 Å². The highest BCUT2D eigenvalue weighted by atomic mass is 79.9. The average Bonchev–Trinajstić information content (AvgIpc) is 2.32. The maximum Gasteiger partial charge on any atom is 0.424 e. The monoisotopic (exact) mass is 402 g/mol. The van der Waals surface area contributed by atoms with Gasteiger partial charge in [0.2, 0.25) is 5.60 Å². The van der Waals surface area contributed by atoms with Gasteiger partial charge in [-0.3, -0.25) is 0 Å². The first-order valence-corrected chi connectivity index (χ1v) is 7.16. The number of aliphatic hydroxyl groups excluding tert-OH is 1. The highest BCUT2D eigenvalue weighted by Crippen LogP contribution is 2.47. The molecule has 12 heteroatoms. The van der Waals surface area contributed by atoms with Crippen LogP contribution in [0.5, 0.6) is 0 Å². The molecule has 0 saturated heterocycles. The molecule has 2 unspecified atom stereocenters. The van der Waals surface area contributed by atoms with E-state index in [1.165, 1.54) is 6.07 Å². The summed E-state index contributed by atoms with van der Waals surface area (Å²) in [5.41, 5.74) is -5.04. The summed E-state index contributed by atoms with van der Waals surface area (Å²) < 4.78 is 77.3. The van der Waals surface area contributed by atoms with Crippen molar-refractivity contribution < 1.29 is 36.6 Å². The molecule has 2 N–H and O–H groups in total. The van der Waals surface area contributed by atoms with Crippen LogP contribution in [0.1, 0.15) is 11.1 Å². The smallest absolute Gasteiger partial charge is 0.381 e. The van der Waals surface area contributed by atoms with Gasteiger partial charge in [-0.05, 0) is 11.6 Å². The molecule has 0 spiro atoms. The van der Waals surface area contributed by atoms with Gasteiger partial charge in [-0.1, -0.05) is 38.7 Å². The highest BCUT2D eigenvalue weighted by molar-refractivity contribution is 9.10. The van der Waals surface area contributed by atoms with Crippen LogP contribution in [0.25, 0.3) is 0 Å². The number of halogens is 7. The number of hydrogen-bond donors (Lipinski definition) is 2. The molecular formula is C11H12B3BrF6O2. The molecule has 2 nitrogen and oxygen atoms in total. The summed E-state index contributed by atoms with van der Waals surface area (Å²) in [4.78, 5) is 0. The molecule has 0 radical (unpaired) electrons. The van der Waals surface area contributed by atoms with Crippen molar-refractivity contribution in [2.75, 3.05) is 0 Å². The van der Waals surface area contributed by atoms with E-state index in [1.54, 1.807) is 23.5 Å². The van der Waals surface area contributed by atoms with Crippen molar-refractivity contribution >= 4 is 39.5 Å². The van der Waals surface area contributed by atoms with Gasteiger partial charge >= 0.3 is 12.4 Å². The van der Waals surface area contributed by atoms with Crippen molar-refractivity contribution in [1.29, 1.82) is 0 Å². The van der Waals surface area contributed by atoms with Gasteiger partial charge in [0.05, 0.1) is 23.5 Å². The molecule has 0 aliphatic heterocycles. The number of aliphatic hydroxyl groups is 2. The molecule has 126 valence electrons. The average molecular weight is 403 g/mol. The Labute approximate surface area is 139 Å². The Kier molecular flexibility index (Phi) is 5.36. The lowest BCUT2D eigenvalue weighted by Gasteiger charge is -2.36. The molecule has 0 aliphatic rings. The van der Waals surface area contributed by atoms with Crippen molar-refractivity contribution in [3.63, 3.8) is 0 Å². The standard InChI is InChI=1S/C11H12B3BrF6O2/c12-9(13,14)5-2-1-4(3-6(5)15)8(23,11(19,20)21)7(22)10(16,17)18/h1-3,7,22-23H,12-14H2. The molecule has 0 aliphatic carbocycles. The summed E-state index contributed by atoms with van der Waals surface area (Å²) in [6, 6.07) is 2.65. The fourth-order valence-electron chi connectivity index (χ4n) is 2.07. The Hall–Kier alpha value is -0.605. The summed E-state index contributed by atoms with van der Waals surface area (Å²) >= 11 is 3.00. The Morgan fingerprint density at radius 3 is 1.78 bits per heavy atom. The van der Waals surface area contributed by atoms with E-state index in [2.05, 4.69) is 15.9 Å².